The number of nitrogens with one attached hydrogen (secondary N) is 2. The van der Waals surface area contributed by atoms with Crippen LogP contribution >= 0.6 is 0 Å². The zero-order chi connectivity index (χ0) is 12.3. The molecule has 1 saturated carbocycles. The Kier molecular flexibility index (Phi) is 3.52. The molecule has 1 aromatic carbocycles. The van der Waals surface area contributed by atoms with Gasteiger partial charge in [0, 0.05) is 18.7 Å². The molecule has 0 radical (unpaired) electrons. The Balaban J connectivity index is 2.16. The summed E-state index contributed by atoms with van der Waals surface area (Å²) in [4.78, 5) is 11.5. The van der Waals surface area contributed by atoms with Crippen molar-refractivity contribution in [1.82, 2.24) is 5.32 Å². The number of hydrogen-bond donors (Lipinski definition) is 3. The second-order valence-corrected chi connectivity index (χ2v) is 4.51. The van der Waals surface area contributed by atoms with Crippen molar-refractivity contribution in [2.24, 2.45) is 0 Å². The highest BCUT2D eigenvalue weighted by Gasteiger charge is 2.16. The van der Waals surface area contributed by atoms with Gasteiger partial charge in [0.25, 0.3) is 5.91 Å². The van der Waals surface area contributed by atoms with Gasteiger partial charge < -0.3 is 16.4 Å². The Morgan fingerprint density at radius 2 is 2.06 bits per heavy atom. The minimum Gasteiger partial charge on any atom is -0.397 e. The van der Waals surface area contributed by atoms with Gasteiger partial charge in [-0.3, -0.25) is 4.79 Å². The largest absolute Gasteiger partial charge is 0.397 e. The molecule has 1 amide bonds. The van der Waals surface area contributed by atoms with Crippen molar-refractivity contribution in [1.29, 1.82) is 0 Å². The van der Waals surface area contributed by atoms with Crippen LogP contribution < -0.4 is 16.4 Å². The SMILES string of the molecule is CNC(=O)c1ccc(N)c(NC2CCCC2)c1. The van der Waals surface area contributed by atoms with Crippen LogP contribution in [0.5, 0.6) is 0 Å². The van der Waals surface area contributed by atoms with Crippen LogP contribution in [0.2, 0.25) is 0 Å². The van der Waals surface area contributed by atoms with Gasteiger partial charge in [0.2, 0.25) is 0 Å². The number of nitrogen functional groups attached to an aromatic ring is 1. The third-order valence-corrected chi connectivity index (χ3v) is 3.26. The quantitative estimate of drug-likeness (QED) is 0.699. The maximum Gasteiger partial charge on any atom is 0.251 e. The fourth-order valence-corrected chi connectivity index (χ4v) is 2.26. The first-order valence-corrected chi connectivity index (χ1v) is 6.09. The topological polar surface area (TPSA) is 67.2 Å². The molecule has 1 aliphatic carbocycles. The first kappa shape index (κ1) is 11.8. The van der Waals surface area contributed by atoms with Gasteiger partial charge in [0.1, 0.15) is 0 Å². The van der Waals surface area contributed by atoms with Gasteiger partial charge in [0.05, 0.1) is 11.4 Å². The molecule has 4 heteroatoms. The normalized spacial score (nSPS) is 15.8. The van der Waals surface area contributed by atoms with Crippen LogP contribution in [0.15, 0.2) is 18.2 Å². The number of amides is 1. The highest BCUT2D eigenvalue weighted by molar-refractivity contribution is 5.96. The molecule has 1 aliphatic rings. The molecule has 4 nitrogen and oxygen atoms in total. The van der Waals surface area contributed by atoms with E-state index in [4.69, 9.17) is 5.73 Å². The van der Waals surface area contributed by atoms with E-state index in [2.05, 4.69) is 10.6 Å². The summed E-state index contributed by atoms with van der Waals surface area (Å²) in [5.74, 6) is -0.0838. The van der Waals surface area contributed by atoms with Crippen molar-refractivity contribution >= 4 is 17.3 Å². The van der Waals surface area contributed by atoms with Gasteiger partial charge in [-0.25, -0.2) is 0 Å². The second-order valence-electron chi connectivity index (χ2n) is 4.51. The standard InChI is InChI=1S/C13H19N3O/c1-15-13(17)9-6-7-11(14)12(8-9)16-10-4-2-3-5-10/h6-8,10,16H,2-5,14H2,1H3,(H,15,17). The molecule has 2 rings (SSSR count). The number of carbonyl (C=O) groups excluding carboxylic acids is 1. The van der Waals surface area contributed by atoms with Gasteiger partial charge in [-0.15, -0.1) is 0 Å². The van der Waals surface area contributed by atoms with E-state index >= 15 is 0 Å². The lowest BCUT2D eigenvalue weighted by Gasteiger charge is -2.16. The van der Waals surface area contributed by atoms with Crippen LogP contribution in [0, 0.1) is 0 Å². The predicted molar refractivity (Wildman–Crippen MR) is 70.1 cm³/mol. The molecule has 1 fully saturated rings. The highest BCUT2D eigenvalue weighted by atomic mass is 16.1. The molecule has 92 valence electrons. The number of rotatable bonds is 3. The lowest BCUT2D eigenvalue weighted by molar-refractivity contribution is 0.0963. The third-order valence-electron chi connectivity index (χ3n) is 3.26. The number of carbonyl (C=O) groups is 1. The smallest absolute Gasteiger partial charge is 0.251 e. The summed E-state index contributed by atoms with van der Waals surface area (Å²) in [7, 11) is 1.63. The van der Waals surface area contributed by atoms with E-state index in [9.17, 15) is 4.79 Å². The maximum atomic E-state index is 11.5. The van der Waals surface area contributed by atoms with Gasteiger partial charge in [0.15, 0.2) is 0 Å². The molecular formula is C13H19N3O. The van der Waals surface area contributed by atoms with Gasteiger partial charge in [-0.1, -0.05) is 12.8 Å². The minimum absolute atomic E-state index is 0.0838. The zero-order valence-corrected chi connectivity index (χ0v) is 10.1. The lowest BCUT2D eigenvalue weighted by Crippen LogP contribution is -2.19. The summed E-state index contributed by atoms with van der Waals surface area (Å²) in [5.41, 5.74) is 8.13. The van der Waals surface area contributed by atoms with Crippen LogP contribution in [-0.2, 0) is 0 Å². The first-order chi connectivity index (χ1) is 8.20. The number of hydrogen-bond acceptors (Lipinski definition) is 3. The Morgan fingerprint density at radius 1 is 1.35 bits per heavy atom. The Hall–Kier alpha value is -1.71. The Morgan fingerprint density at radius 3 is 2.71 bits per heavy atom. The molecule has 0 saturated heterocycles. The van der Waals surface area contributed by atoms with Crippen LogP contribution in [0.4, 0.5) is 11.4 Å². The summed E-state index contributed by atoms with van der Waals surface area (Å²) in [6.45, 7) is 0. The van der Waals surface area contributed by atoms with Crippen LogP contribution in [0.25, 0.3) is 0 Å². The lowest BCUT2D eigenvalue weighted by atomic mass is 10.1. The molecule has 0 heterocycles. The van der Waals surface area contributed by atoms with E-state index in [1.54, 1.807) is 19.2 Å². The Labute approximate surface area is 102 Å². The second kappa shape index (κ2) is 5.08. The molecule has 0 atom stereocenters. The monoisotopic (exact) mass is 233 g/mol. The van der Waals surface area contributed by atoms with E-state index in [-0.39, 0.29) is 5.91 Å². The van der Waals surface area contributed by atoms with Crippen molar-refractivity contribution in [3.63, 3.8) is 0 Å². The van der Waals surface area contributed by atoms with E-state index in [1.807, 2.05) is 6.07 Å². The molecule has 17 heavy (non-hydrogen) atoms. The fraction of sp³-hybridized carbons (Fsp3) is 0.462. The van der Waals surface area contributed by atoms with Crippen LogP contribution in [0.1, 0.15) is 36.0 Å². The van der Waals surface area contributed by atoms with E-state index < -0.39 is 0 Å². The molecule has 4 N–H and O–H groups in total. The molecule has 0 aliphatic heterocycles. The predicted octanol–water partition coefficient (Wildman–Crippen LogP) is 1.98. The molecule has 0 aromatic heterocycles. The van der Waals surface area contributed by atoms with Crippen molar-refractivity contribution in [2.75, 3.05) is 18.1 Å². The zero-order valence-electron chi connectivity index (χ0n) is 10.1. The number of nitrogens with two attached hydrogens (primary N) is 1. The van der Waals surface area contributed by atoms with Crippen molar-refractivity contribution in [2.45, 2.75) is 31.7 Å². The van der Waals surface area contributed by atoms with Gasteiger partial charge in [-0.05, 0) is 31.0 Å². The van der Waals surface area contributed by atoms with Gasteiger partial charge >= 0.3 is 0 Å². The van der Waals surface area contributed by atoms with E-state index in [1.165, 1.54) is 25.7 Å². The first-order valence-electron chi connectivity index (χ1n) is 6.09. The molecule has 0 spiro atoms. The average Bonchev–Trinajstić information content (AvgIpc) is 2.84. The fourth-order valence-electron chi connectivity index (χ4n) is 2.26. The van der Waals surface area contributed by atoms with Gasteiger partial charge in [-0.2, -0.15) is 0 Å². The van der Waals surface area contributed by atoms with E-state index in [0.717, 1.165) is 5.69 Å². The summed E-state index contributed by atoms with van der Waals surface area (Å²) in [5, 5.41) is 6.04. The van der Waals surface area contributed by atoms with Crippen molar-refractivity contribution < 1.29 is 4.79 Å². The van der Waals surface area contributed by atoms with Crippen LogP contribution in [0.3, 0.4) is 0 Å². The molecule has 0 unspecified atom stereocenters. The summed E-state index contributed by atoms with van der Waals surface area (Å²) in [6.07, 6.45) is 4.91. The number of benzene rings is 1. The molecular weight excluding hydrogens is 214 g/mol. The van der Waals surface area contributed by atoms with Crippen LogP contribution in [-0.4, -0.2) is 19.0 Å². The molecule has 1 aromatic rings. The van der Waals surface area contributed by atoms with E-state index in [0.29, 0.717) is 17.3 Å². The molecule has 0 bridgehead atoms. The maximum absolute atomic E-state index is 11.5. The van der Waals surface area contributed by atoms with Crippen molar-refractivity contribution in [3.05, 3.63) is 23.8 Å². The highest BCUT2D eigenvalue weighted by Crippen LogP contribution is 2.26. The summed E-state index contributed by atoms with van der Waals surface area (Å²) < 4.78 is 0. The Bertz CT molecular complexity index is 411. The number of anilines is 2. The minimum atomic E-state index is -0.0838. The third kappa shape index (κ3) is 2.70. The summed E-state index contributed by atoms with van der Waals surface area (Å²) in [6, 6.07) is 5.85. The summed E-state index contributed by atoms with van der Waals surface area (Å²) >= 11 is 0. The average molecular weight is 233 g/mol. The van der Waals surface area contributed by atoms with Crippen molar-refractivity contribution in [3.8, 4) is 0 Å².